The Kier molecular flexibility index (Phi) is 9.32. The number of hydrogen-bond acceptors (Lipinski definition) is 3. The van der Waals surface area contributed by atoms with Crippen molar-refractivity contribution in [2.24, 2.45) is 0 Å². The number of halogens is 3. The topological polar surface area (TPSA) is 28.2 Å². The SMILES string of the molecule is CCCC[C@@H](c1cc2ccccc2nc1Cl)N1CCNCC1.Cl.Cl. The van der Waals surface area contributed by atoms with Gasteiger partial charge in [-0.2, -0.15) is 0 Å². The summed E-state index contributed by atoms with van der Waals surface area (Å²) in [7, 11) is 0. The van der Waals surface area contributed by atoms with Crippen LogP contribution in [0.25, 0.3) is 10.9 Å². The van der Waals surface area contributed by atoms with Crippen LogP contribution < -0.4 is 5.32 Å². The minimum Gasteiger partial charge on any atom is -0.314 e. The number of benzene rings is 1. The first kappa shape index (κ1) is 21.5. The maximum Gasteiger partial charge on any atom is 0.134 e. The first-order valence-electron chi connectivity index (χ1n) is 8.29. The highest BCUT2D eigenvalue weighted by Gasteiger charge is 2.24. The van der Waals surface area contributed by atoms with Crippen LogP contribution in [-0.4, -0.2) is 36.1 Å². The van der Waals surface area contributed by atoms with E-state index in [-0.39, 0.29) is 24.8 Å². The molecule has 0 unspecified atom stereocenters. The zero-order valence-corrected chi connectivity index (χ0v) is 16.4. The molecule has 134 valence electrons. The van der Waals surface area contributed by atoms with Crippen molar-refractivity contribution in [1.82, 2.24) is 15.2 Å². The second kappa shape index (κ2) is 10.4. The molecule has 2 heterocycles. The fourth-order valence-corrected chi connectivity index (χ4v) is 3.54. The summed E-state index contributed by atoms with van der Waals surface area (Å²) in [6.45, 7) is 6.52. The summed E-state index contributed by atoms with van der Waals surface area (Å²) >= 11 is 6.54. The molecule has 0 amide bonds. The summed E-state index contributed by atoms with van der Waals surface area (Å²) in [4.78, 5) is 7.18. The Morgan fingerprint density at radius 2 is 1.92 bits per heavy atom. The van der Waals surface area contributed by atoms with Gasteiger partial charge in [0.25, 0.3) is 0 Å². The molecule has 1 aliphatic rings. The van der Waals surface area contributed by atoms with E-state index in [1.54, 1.807) is 0 Å². The van der Waals surface area contributed by atoms with Gasteiger partial charge in [-0.3, -0.25) is 4.90 Å². The van der Waals surface area contributed by atoms with Crippen molar-refractivity contribution in [2.75, 3.05) is 26.2 Å². The minimum atomic E-state index is 0. The second-order valence-corrected chi connectivity index (χ2v) is 6.36. The van der Waals surface area contributed by atoms with E-state index in [0.717, 1.165) is 38.1 Å². The van der Waals surface area contributed by atoms with E-state index >= 15 is 0 Å². The highest BCUT2D eigenvalue weighted by molar-refractivity contribution is 6.30. The van der Waals surface area contributed by atoms with Crippen LogP contribution in [0.4, 0.5) is 0 Å². The second-order valence-electron chi connectivity index (χ2n) is 6.01. The molecule has 1 fully saturated rings. The lowest BCUT2D eigenvalue weighted by Gasteiger charge is -2.35. The average molecular weight is 391 g/mol. The lowest BCUT2D eigenvalue weighted by molar-refractivity contribution is 0.163. The van der Waals surface area contributed by atoms with Crippen molar-refractivity contribution >= 4 is 47.3 Å². The van der Waals surface area contributed by atoms with Gasteiger partial charge < -0.3 is 5.32 Å². The molecule has 1 saturated heterocycles. The largest absolute Gasteiger partial charge is 0.314 e. The Hall–Kier alpha value is -0.580. The third-order valence-electron chi connectivity index (χ3n) is 4.49. The Morgan fingerprint density at radius 1 is 1.21 bits per heavy atom. The van der Waals surface area contributed by atoms with E-state index in [4.69, 9.17) is 11.6 Å². The molecule has 1 atom stereocenters. The molecule has 0 saturated carbocycles. The molecular weight excluding hydrogens is 365 g/mol. The summed E-state index contributed by atoms with van der Waals surface area (Å²) in [6, 6.07) is 10.8. The monoisotopic (exact) mass is 389 g/mol. The maximum absolute atomic E-state index is 6.54. The van der Waals surface area contributed by atoms with Gasteiger partial charge in [0.1, 0.15) is 5.15 Å². The third kappa shape index (κ3) is 4.96. The fourth-order valence-electron chi connectivity index (χ4n) is 3.27. The molecule has 6 heteroatoms. The van der Waals surface area contributed by atoms with Gasteiger partial charge in [-0.05, 0) is 18.6 Å². The molecule has 24 heavy (non-hydrogen) atoms. The van der Waals surface area contributed by atoms with Crippen LogP contribution in [0, 0.1) is 0 Å². The van der Waals surface area contributed by atoms with Crippen LogP contribution >= 0.6 is 36.4 Å². The molecular formula is C18H26Cl3N3. The normalized spacial score (nSPS) is 16.2. The molecule has 0 aliphatic carbocycles. The lowest BCUT2D eigenvalue weighted by Crippen LogP contribution is -2.45. The number of aromatic nitrogens is 1. The molecule has 2 aromatic rings. The minimum absolute atomic E-state index is 0. The number of unbranched alkanes of at least 4 members (excludes halogenated alkanes) is 1. The quantitative estimate of drug-likeness (QED) is 0.738. The highest BCUT2D eigenvalue weighted by Crippen LogP contribution is 2.33. The van der Waals surface area contributed by atoms with E-state index in [0.29, 0.717) is 11.2 Å². The Balaban J connectivity index is 0.00000144. The van der Waals surface area contributed by atoms with E-state index in [2.05, 4.69) is 40.3 Å². The van der Waals surface area contributed by atoms with Gasteiger partial charge in [-0.15, -0.1) is 24.8 Å². The van der Waals surface area contributed by atoms with Crippen molar-refractivity contribution in [3.63, 3.8) is 0 Å². The van der Waals surface area contributed by atoms with Gasteiger partial charge in [-0.25, -0.2) is 4.98 Å². The van der Waals surface area contributed by atoms with Crippen LogP contribution in [-0.2, 0) is 0 Å². The van der Waals surface area contributed by atoms with Crippen LogP contribution in [0.1, 0.15) is 37.8 Å². The summed E-state index contributed by atoms with van der Waals surface area (Å²) in [5.41, 5.74) is 2.17. The number of rotatable bonds is 5. The Labute approximate surface area is 162 Å². The van der Waals surface area contributed by atoms with Gasteiger partial charge in [0.15, 0.2) is 0 Å². The molecule has 0 radical (unpaired) electrons. The van der Waals surface area contributed by atoms with Crippen LogP contribution in [0.2, 0.25) is 5.15 Å². The summed E-state index contributed by atoms with van der Waals surface area (Å²) < 4.78 is 0. The van der Waals surface area contributed by atoms with Crippen molar-refractivity contribution < 1.29 is 0 Å². The summed E-state index contributed by atoms with van der Waals surface area (Å²) in [5.74, 6) is 0. The molecule has 0 bridgehead atoms. The Morgan fingerprint density at radius 3 is 2.62 bits per heavy atom. The van der Waals surface area contributed by atoms with Crippen molar-refractivity contribution in [3.8, 4) is 0 Å². The van der Waals surface area contributed by atoms with E-state index < -0.39 is 0 Å². The Bertz CT molecular complexity index is 630. The van der Waals surface area contributed by atoms with Crippen LogP contribution in [0.3, 0.4) is 0 Å². The van der Waals surface area contributed by atoms with E-state index in [1.807, 2.05) is 12.1 Å². The van der Waals surface area contributed by atoms with Gasteiger partial charge in [-0.1, -0.05) is 49.6 Å². The number of hydrogen-bond donors (Lipinski definition) is 1. The molecule has 3 rings (SSSR count). The number of pyridine rings is 1. The first-order chi connectivity index (χ1) is 10.8. The molecule has 1 aliphatic heterocycles. The molecule has 1 N–H and O–H groups in total. The number of para-hydroxylation sites is 1. The zero-order chi connectivity index (χ0) is 15.4. The van der Waals surface area contributed by atoms with Crippen LogP contribution in [0.5, 0.6) is 0 Å². The fraction of sp³-hybridized carbons (Fsp3) is 0.500. The number of piperazine rings is 1. The zero-order valence-electron chi connectivity index (χ0n) is 14.0. The van der Waals surface area contributed by atoms with Crippen molar-refractivity contribution in [1.29, 1.82) is 0 Å². The van der Waals surface area contributed by atoms with Gasteiger partial charge >= 0.3 is 0 Å². The van der Waals surface area contributed by atoms with E-state index in [9.17, 15) is 0 Å². The summed E-state index contributed by atoms with van der Waals surface area (Å²) in [6.07, 6.45) is 3.58. The van der Waals surface area contributed by atoms with Gasteiger partial charge in [0.2, 0.25) is 0 Å². The van der Waals surface area contributed by atoms with Crippen molar-refractivity contribution in [3.05, 3.63) is 41.0 Å². The first-order valence-corrected chi connectivity index (χ1v) is 8.67. The highest BCUT2D eigenvalue weighted by atomic mass is 35.5. The van der Waals surface area contributed by atoms with Gasteiger partial charge in [0.05, 0.1) is 5.52 Å². The predicted molar refractivity (Wildman–Crippen MR) is 108 cm³/mol. The smallest absolute Gasteiger partial charge is 0.134 e. The molecule has 0 spiro atoms. The lowest BCUT2D eigenvalue weighted by atomic mass is 9.98. The van der Waals surface area contributed by atoms with Gasteiger partial charge in [0, 0.05) is 43.2 Å². The van der Waals surface area contributed by atoms with Crippen molar-refractivity contribution in [2.45, 2.75) is 32.2 Å². The predicted octanol–water partition coefficient (Wildman–Crippen LogP) is 4.87. The summed E-state index contributed by atoms with van der Waals surface area (Å²) in [5, 5.41) is 5.28. The maximum atomic E-state index is 6.54. The van der Waals surface area contributed by atoms with E-state index in [1.165, 1.54) is 23.8 Å². The average Bonchev–Trinajstić information content (AvgIpc) is 2.56. The third-order valence-corrected chi connectivity index (χ3v) is 4.79. The molecule has 1 aromatic heterocycles. The number of nitrogens with zero attached hydrogens (tertiary/aromatic N) is 2. The number of fused-ring (bicyclic) bond motifs is 1. The molecule has 3 nitrogen and oxygen atoms in total. The number of nitrogens with one attached hydrogen (secondary N) is 1. The molecule has 1 aromatic carbocycles. The standard InChI is InChI=1S/C18H24ClN3.2ClH/c1-2-3-8-17(22-11-9-20-10-12-22)15-13-14-6-4-5-7-16(14)21-18(15)19;;/h4-7,13,17,20H,2-3,8-12H2,1H3;2*1H/t17-;;/m0../s1. The van der Waals surface area contributed by atoms with Crippen LogP contribution in [0.15, 0.2) is 30.3 Å².